The summed E-state index contributed by atoms with van der Waals surface area (Å²) in [5.41, 5.74) is 32.1. The van der Waals surface area contributed by atoms with Crippen LogP contribution in [-0.2, 0) is 91.5 Å². The molecular formula is C140H140Si3Zr3. The van der Waals surface area contributed by atoms with Crippen molar-refractivity contribution in [2.45, 2.75) is 133 Å². The third-order valence-electron chi connectivity index (χ3n) is 25.0. The van der Waals surface area contributed by atoms with Crippen molar-refractivity contribution >= 4 is 113 Å². The Bertz CT molecular complexity index is 6800. The fourth-order valence-electron chi connectivity index (χ4n) is 17.8. The maximum absolute atomic E-state index is 4.53. The quantitative estimate of drug-likeness (QED) is 0.0668. The largest absolute Gasteiger partial charge is 4.00 e. The van der Waals surface area contributed by atoms with Gasteiger partial charge in [0, 0.05) is 0 Å². The van der Waals surface area contributed by atoms with Gasteiger partial charge >= 0.3 is 78.6 Å². The number of aryl methyl sites for hydroxylation is 6. The van der Waals surface area contributed by atoms with Gasteiger partial charge in [-0.15, -0.1) is 321 Å². The Morgan fingerprint density at radius 2 is 0.397 bits per heavy atom. The zero-order valence-corrected chi connectivity index (χ0v) is 99.5. The van der Waals surface area contributed by atoms with Crippen LogP contribution < -0.4 is 0 Å². The van der Waals surface area contributed by atoms with Gasteiger partial charge in [0.25, 0.3) is 0 Å². The SMILES string of the molecule is CCc1cc2c(-c3ccccc3)cccc2[cH-]1.CCc1cc2c(-c3ccccc3)cccc2[cH-]1.Cc1cc2c(-c3ccccc3)cccc2[cH-]1.Cc1cc2c(-c3ccccc3)cccc2[cH-]1.Cc1cc2c(C(C)C)cc(C(C)C)cc2[cH-]1.Cc1cc2c(C(C)C)cc(C(C)C)cc2[cH-]1.[CH-]=[SiH2].[CH-]=[SiH2].[CH-]=[SiH2].[Zr+4].[Zr+4].[Zr+4].c1ccc([CH-]c2ccccc2)cc1.c1ccc([CH-]c2ccccc2)cc1.c1ccc([CH-]c2ccccc2)cc1. The second-order valence-electron chi connectivity index (χ2n) is 37.0. The fraction of sp³-hybridized carbons (Fsp3) is 0.143. The standard InChI is InChI=1S/2C17H15.2C16H13.2C16H21.3C13H11.3CH3Si.3Zr/c2*1-2-13-11-15-9-6-10-16(17(15)12-13)14-7-4-3-5-8-14;2*1-12-10-14-8-5-9-15(16(14)11-12)13-6-3-2-4-7-13;2*1-10(2)13-8-14-6-12(5)7-16(14)15(9-13)11(3)4;3*1-3-7-12(8-4-1)11-13-9-5-2-6-10-13;3*1-2;;;/h2*3-12H,2H2,1H3;2*2-11H,1H3;2*6-11H,1-5H3;3*1-11H;3*1H,2H2;;;/q12*-1;3*+4. The maximum Gasteiger partial charge on any atom is 4.00 e. The fourth-order valence-corrected chi connectivity index (χ4v) is 17.8. The first-order valence-corrected chi connectivity index (χ1v) is 52.6. The number of rotatable bonds is 16. The summed E-state index contributed by atoms with van der Waals surface area (Å²) in [6.45, 7) is 31.2. The molecule has 0 aliphatic heterocycles. The van der Waals surface area contributed by atoms with Gasteiger partial charge in [-0.2, -0.15) is 36.4 Å². The molecular weight excluding hydrogens is 2040 g/mol. The third kappa shape index (κ3) is 35.5. The van der Waals surface area contributed by atoms with E-state index in [1.807, 2.05) is 36.4 Å². The Morgan fingerprint density at radius 3 is 0.603 bits per heavy atom. The number of benzene rings is 16. The molecule has 0 aromatic heterocycles. The minimum Gasteiger partial charge on any atom is -0.533 e. The molecule has 0 saturated heterocycles. The summed E-state index contributed by atoms with van der Waals surface area (Å²) in [6.07, 6.45) is 22.3. The molecule has 0 spiro atoms. The molecule has 0 unspecified atom stereocenters. The van der Waals surface area contributed by atoms with Crippen LogP contribution in [0.4, 0.5) is 0 Å². The molecule has 22 rings (SSSR count). The maximum atomic E-state index is 4.53. The van der Waals surface area contributed by atoms with Gasteiger partial charge in [0.05, 0.1) is 0 Å². The normalized spacial score (nSPS) is 10.2. The van der Waals surface area contributed by atoms with Gasteiger partial charge in [0.1, 0.15) is 0 Å². The molecule has 0 aliphatic rings. The molecule has 0 fully saturated rings. The van der Waals surface area contributed by atoms with Crippen LogP contribution >= 0.6 is 0 Å². The molecule has 0 heterocycles. The van der Waals surface area contributed by atoms with E-state index in [9.17, 15) is 0 Å². The van der Waals surface area contributed by atoms with Crippen LogP contribution in [0.1, 0.15) is 182 Å². The Kier molecular flexibility index (Phi) is 51.6. The molecule has 0 radical (unpaired) electrons. The van der Waals surface area contributed by atoms with E-state index >= 15 is 0 Å². The van der Waals surface area contributed by atoms with Crippen molar-refractivity contribution in [3.8, 4) is 44.5 Å². The first kappa shape index (κ1) is 119. The monoisotopic (exact) mass is 2170 g/mol. The van der Waals surface area contributed by atoms with Crippen molar-refractivity contribution in [1.82, 2.24) is 0 Å². The second-order valence-corrected chi connectivity index (χ2v) is 37.0. The summed E-state index contributed by atoms with van der Waals surface area (Å²) in [6, 6.07) is 167. The van der Waals surface area contributed by atoms with Gasteiger partial charge < -0.3 is 18.5 Å². The minimum atomic E-state index is 0. The number of hydrogen-bond acceptors (Lipinski definition) is 0. The van der Waals surface area contributed by atoms with Crippen LogP contribution in [0.25, 0.3) is 109 Å². The molecule has 724 valence electrons. The number of hydrogen-bond donors (Lipinski definition) is 0. The van der Waals surface area contributed by atoms with Gasteiger partial charge in [0.15, 0.2) is 0 Å². The topological polar surface area (TPSA) is 0 Å². The van der Waals surface area contributed by atoms with Crippen molar-refractivity contribution in [3.05, 3.63) is 581 Å². The van der Waals surface area contributed by atoms with Gasteiger partial charge in [-0.25, -0.2) is 29.6 Å². The Hall–Kier alpha value is -12.3. The molecule has 0 N–H and O–H groups in total. The van der Waals surface area contributed by atoms with Crippen molar-refractivity contribution in [1.29, 1.82) is 0 Å². The van der Waals surface area contributed by atoms with E-state index in [0.29, 0.717) is 23.7 Å². The molecule has 0 aliphatic carbocycles. The molecule has 0 saturated carbocycles. The van der Waals surface area contributed by atoms with Crippen molar-refractivity contribution < 1.29 is 78.6 Å². The van der Waals surface area contributed by atoms with Crippen molar-refractivity contribution in [2.75, 3.05) is 0 Å². The van der Waals surface area contributed by atoms with E-state index in [1.165, 1.54) is 228 Å². The average Bonchev–Trinajstić information content (AvgIpc) is 1.61. The van der Waals surface area contributed by atoms with Gasteiger partial charge in [-0.3, -0.25) is 0 Å². The van der Waals surface area contributed by atoms with E-state index in [0.717, 1.165) is 12.8 Å². The Balaban J connectivity index is 0.000000199. The summed E-state index contributed by atoms with van der Waals surface area (Å²) in [5.74, 6) is 2.42. The molecule has 0 nitrogen and oxygen atoms in total. The van der Waals surface area contributed by atoms with Crippen LogP contribution in [-0.4, -0.2) is 48.1 Å². The van der Waals surface area contributed by atoms with Crippen LogP contribution in [0.3, 0.4) is 0 Å². The summed E-state index contributed by atoms with van der Waals surface area (Å²) in [5, 5.41) is 16.5. The predicted molar refractivity (Wildman–Crippen MR) is 643 cm³/mol. The molecule has 22 aromatic rings. The average molecular weight is 2180 g/mol. The molecule has 0 bridgehead atoms. The molecule has 146 heavy (non-hydrogen) atoms. The van der Waals surface area contributed by atoms with Crippen LogP contribution in [0, 0.1) is 47.0 Å². The second kappa shape index (κ2) is 63.3. The first-order valence-electron chi connectivity index (χ1n) is 50.2. The third-order valence-corrected chi connectivity index (χ3v) is 25.0. The van der Waals surface area contributed by atoms with E-state index in [4.69, 9.17) is 0 Å². The molecule has 22 aromatic carbocycles. The van der Waals surface area contributed by atoms with E-state index in [1.54, 1.807) is 0 Å². The molecule has 0 amide bonds. The molecule has 0 atom stereocenters. The summed E-state index contributed by atoms with van der Waals surface area (Å²) in [7, 11) is 4.08. The van der Waals surface area contributed by atoms with E-state index in [2.05, 4.69) is 571 Å². The molecule has 6 heteroatoms. The Labute approximate surface area is 941 Å². The Morgan fingerprint density at radius 1 is 0.205 bits per heavy atom. The minimum absolute atomic E-state index is 0. The van der Waals surface area contributed by atoms with Crippen molar-refractivity contribution in [2.24, 2.45) is 0 Å². The smallest absolute Gasteiger partial charge is 0.533 e. The summed E-state index contributed by atoms with van der Waals surface area (Å²) >= 11 is 0. The van der Waals surface area contributed by atoms with Gasteiger partial charge in [-0.05, 0) is 58.8 Å². The van der Waals surface area contributed by atoms with E-state index < -0.39 is 0 Å². The van der Waals surface area contributed by atoms with Crippen LogP contribution in [0.5, 0.6) is 0 Å². The summed E-state index contributed by atoms with van der Waals surface area (Å²) in [4.78, 5) is 0. The summed E-state index contributed by atoms with van der Waals surface area (Å²) < 4.78 is 0. The zero-order chi connectivity index (χ0) is 102. The van der Waals surface area contributed by atoms with E-state index in [-0.39, 0.29) is 78.6 Å². The van der Waals surface area contributed by atoms with Crippen LogP contribution in [0.2, 0.25) is 0 Å². The van der Waals surface area contributed by atoms with Gasteiger partial charge in [-0.1, -0.05) is 408 Å². The predicted octanol–water partition coefficient (Wildman–Crippen LogP) is 35.5. The number of fused-ring (bicyclic) bond motifs is 6. The zero-order valence-electron chi connectivity index (χ0n) is 87.8. The van der Waals surface area contributed by atoms with Crippen molar-refractivity contribution in [3.63, 3.8) is 0 Å². The first-order chi connectivity index (χ1) is 69.8. The van der Waals surface area contributed by atoms with Gasteiger partial charge in [0.2, 0.25) is 0 Å². The van der Waals surface area contributed by atoms with Crippen LogP contribution in [0.15, 0.2) is 473 Å².